The van der Waals surface area contributed by atoms with E-state index < -0.39 is 0 Å². The van der Waals surface area contributed by atoms with Crippen LogP contribution in [0.1, 0.15) is 23.6 Å². The highest BCUT2D eigenvalue weighted by atomic mass is 15.2. The van der Waals surface area contributed by atoms with Gasteiger partial charge in [-0.25, -0.2) is 4.98 Å². The molecule has 5 heteroatoms. The van der Waals surface area contributed by atoms with Crippen LogP contribution in [0.2, 0.25) is 0 Å². The molecule has 1 aromatic heterocycles. The number of aliphatic imine (C=N–C) groups is 1. The number of hydrogen-bond acceptors (Lipinski definition) is 2. The lowest BCUT2D eigenvalue weighted by atomic mass is 10.1. The number of rotatable bonds is 6. The van der Waals surface area contributed by atoms with E-state index in [1.165, 1.54) is 16.7 Å². The molecule has 1 heterocycles. The second-order valence-corrected chi connectivity index (χ2v) is 6.00. The third kappa shape index (κ3) is 4.30. The molecule has 0 saturated heterocycles. The summed E-state index contributed by atoms with van der Waals surface area (Å²) in [5, 5.41) is 6.81. The number of nitrogens with zero attached hydrogens (tertiary/aromatic N) is 3. The van der Waals surface area contributed by atoms with Crippen LogP contribution in [-0.2, 0) is 19.5 Å². The van der Waals surface area contributed by atoms with Gasteiger partial charge in [0.15, 0.2) is 5.96 Å². The van der Waals surface area contributed by atoms with Gasteiger partial charge in [-0.1, -0.05) is 49.4 Å². The van der Waals surface area contributed by atoms with Gasteiger partial charge in [-0.2, -0.15) is 0 Å². The quantitative estimate of drug-likeness (QED) is 0.531. The Balaban J connectivity index is 1.64. The smallest absolute Gasteiger partial charge is 0.191 e. The van der Waals surface area contributed by atoms with Crippen LogP contribution in [0, 0.1) is 0 Å². The molecule has 0 amide bonds. The van der Waals surface area contributed by atoms with Crippen LogP contribution < -0.4 is 10.6 Å². The number of nitrogens with one attached hydrogen (secondary N) is 2. The fourth-order valence-electron chi connectivity index (χ4n) is 2.97. The summed E-state index contributed by atoms with van der Waals surface area (Å²) in [5.74, 6) is 0.788. The first-order valence-corrected chi connectivity index (χ1v) is 8.89. The zero-order valence-corrected chi connectivity index (χ0v) is 15.3. The summed E-state index contributed by atoms with van der Waals surface area (Å²) in [6, 6.07) is 16.8. The maximum atomic E-state index is 4.34. The molecule has 0 fully saturated rings. The molecule has 0 bridgehead atoms. The van der Waals surface area contributed by atoms with Crippen molar-refractivity contribution in [3.63, 3.8) is 0 Å². The largest absolute Gasteiger partial charge is 0.352 e. The number of imidazole rings is 1. The first kappa shape index (κ1) is 17.7. The number of aromatic nitrogens is 2. The monoisotopic (exact) mass is 347 g/mol. The maximum Gasteiger partial charge on any atom is 0.191 e. The van der Waals surface area contributed by atoms with Crippen LogP contribution >= 0.6 is 0 Å². The molecule has 0 aliphatic heterocycles. The molecule has 5 nitrogen and oxygen atoms in total. The number of benzene rings is 2. The lowest BCUT2D eigenvalue weighted by Gasteiger charge is -2.15. The minimum Gasteiger partial charge on any atom is -0.352 e. The SMILES string of the molecule is CCc1ccccc1CNC(=NC)NCc1ccccc1-n1ccnc1. The van der Waals surface area contributed by atoms with Crippen LogP contribution in [0.4, 0.5) is 0 Å². The molecule has 26 heavy (non-hydrogen) atoms. The van der Waals surface area contributed by atoms with Crippen LogP contribution in [0.25, 0.3) is 5.69 Å². The Morgan fingerprint density at radius 2 is 1.62 bits per heavy atom. The molecule has 0 spiro atoms. The van der Waals surface area contributed by atoms with Crippen molar-refractivity contribution >= 4 is 5.96 Å². The normalized spacial score (nSPS) is 11.4. The van der Waals surface area contributed by atoms with Crippen molar-refractivity contribution in [2.45, 2.75) is 26.4 Å². The van der Waals surface area contributed by atoms with Crippen LogP contribution in [0.3, 0.4) is 0 Å². The van der Waals surface area contributed by atoms with Gasteiger partial charge in [-0.15, -0.1) is 0 Å². The molecule has 0 saturated carbocycles. The van der Waals surface area contributed by atoms with Crippen molar-refractivity contribution in [1.82, 2.24) is 20.2 Å². The zero-order chi connectivity index (χ0) is 18.2. The Bertz CT molecular complexity index is 852. The molecule has 0 radical (unpaired) electrons. The summed E-state index contributed by atoms with van der Waals surface area (Å²) in [7, 11) is 1.79. The highest BCUT2D eigenvalue weighted by Crippen LogP contribution is 2.14. The highest BCUT2D eigenvalue weighted by Gasteiger charge is 2.06. The average Bonchev–Trinajstić information content (AvgIpc) is 3.23. The van der Waals surface area contributed by atoms with E-state index in [1.807, 2.05) is 29.2 Å². The third-order valence-electron chi connectivity index (χ3n) is 4.39. The van der Waals surface area contributed by atoms with Gasteiger partial charge in [0.1, 0.15) is 0 Å². The Morgan fingerprint density at radius 1 is 0.962 bits per heavy atom. The van der Waals surface area contributed by atoms with Crippen molar-refractivity contribution in [3.8, 4) is 5.69 Å². The van der Waals surface area contributed by atoms with Crippen molar-refractivity contribution in [3.05, 3.63) is 83.9 Å². The molecule has 3 aromatic rings. The van der Waals surface area contributed by atoms with Gasteiger partial charge in [-0.3, -0.25) is 4.99 Å². The summed E-state index contributed by atoms with van der Waals surface area (Å²) in [6.07, 6.45) is 6.58. The third-order valence-corrected chi connectivity index (χ3v) is 4.39. The lowest BCUT2D eigenvalue weighted by Crippen LogP contribution is -2.36. The number of hydrogen-bond donors (Lipinski definition) is 2. The molecule has 0 unspecified atom stereocenters. The summed E-state index contributed by atoms with van der Waals surface area (Å²) >= 11 is 0. The molecule has 0 aliphatic rings. The summed E-state index contributed by atoms with van der Waals surface area (Å²) in [4.78, 5) is 8.48. The van der Waals surface area contributed by atoms with E-state index in [-0.39, 0.29) is 0 Å². The van der Waals surface area contributed by atoms with Crippen molar-refractivity contribution < 1.29 is 0 Å². The fraction of sp³-hybridized carbons (Fsp3) is 0.238. The molecular weight excluding hydrogens is 322 g/mol. The van der Waals surface area contributed by atoms with E-state index in [4.69, 9.17) is 0 Å². The average molecular weight is 347 g/mol. The van der Waals surface area contributed by atoms with Gasteiger partial charge in [0.05, 0.1) is 12.0 Å². The maximum absolute atomic E-state index is 4.34. The van der Waals surface area contributed by atoms with E-state index in [9.17, 15) is 0 Å². The minimum atomic E-state index is 0.684. The first-order chi connectivity index (χ1) is 12.8. The van der Waals surface area contributed by atoms with E-state index in [2.05, 4.69) is 63.9 Å². The molecule has 3 rings (SSSR count). The standard InChI is InChI=1S/C21H25N5/c1-3-17-8-4-5-9-18(17)14-24-21(22-2)25-15-19-10-6-7-11-20(19)26-13-12-23-16-26/h4-13,16H,3,14-15H2,1-2H3,(H2,22,24,25). The van der Waals surface area contributed by atoms with E-state index >= 15 is 0 Å². The molecule has 0 atom stereocenters. The predicted octanol–water partition coefficient (Wildman–Crippen LogP) is 3.30. The van der Waals surface area contributed by atoms with Gasteiger partial charge in [0.2, 0.25) is 0 Å². The van der Waals surface area contributed by atoms with Gasteiger partial charge in [-0.05, 0) is 29.2 Å². The van der Waals surface area contributed by atoms with Crippen molar-refractivity contribution in [2.24, 2.45) is 4.99 Å². The van der Waals surface area contributed by atoms with Gasteiger partial charge in [0, 0.05) is 32.5 Å². The van der Waals surface area contributed by atoms with Crippen LogP contribution in [0.15, 0.2) is 72.2 Å². The lowest BCUT2D eigenvalue weighted by molar-refractivity contribution is 0.798. The summed E-state index contributed by atoms with van der Waals surface area (Å²) in [5.41, 5.74) is 4.96. The second kappa shape index (κ2) is 8.85. The van der Waals surface area contributed by atoms with Crippen molar-refractivity contribution in [2.75, 3.05) is 7.05 Å². The Morgan fingerprint density at radius 3 is 2.27 bits per heavy atom. The number of guanidine groups is 1. The number of aryl methyl sites for hydroxylation is 1. The molecular formula is C21H25N5. The van der Waals surface area contributed by atoms with Gasteiger partial charge < -0.3 is 15.2 Å². The second-order valence-electron chi connectivity index (χ2n) is 6.00. The predicted molar refractivity (Wildman–Crippen MR) is 106 cm³/mol. The van der Waals surface area contributed by atoms with Gasteiger partial charge in [0.25, 0.3) is 0 Å². The highest BCUT2D eigenvalue weighted by molar-refractivity contribution is 5.79. The Hall–Kier alpha value is -3.08. The molecule has 134 valence electrons. The van der Waals surface area contributed by atoms with Crippen LogP contribution in [-0.4, -0.2) is 22.6 Å². The first-order valence-electron chi connectivity index (χ1n) is 8.89. The van der Waals surface area contributed by atoms with Crippen LogP contribution in [0.5, 0.6) is 0 Å². The summed E-state index contributed by atoms with van der Waals surface area (Å²) < 4.78 is 2.02. The summed E-state index contributed by atoms with van der Waals surface area (Å²) in [6.45, 7) is 3.62. The van der Waals surface area contributed by atoms with Gasteiger partial charge >= 0.3 is 0 Å². The van der Waals surface area contributed by atoms with Crippen molar-refractivity contribution in [1.29, 1.82) is 0 Å². The minimum absolute atomic E-state index is 0.684. The van der Waals surface area contributed by atoms with E-state index in [0.717, 1.165) is 24.6 Å². The molecule has 0 aliphatic carbocycles. The Kier molecular flexibility index (Phi) is 6.04. The number of para-hydroxylation sites is 1. The molecule has 2 N–H and O–H groups in total. The van der Waals surface area contributed by atoms with E-state index in [0.29, 0.717) is 6.54 Å². The Labute approximate surface area is 154 Å². The zero-order valence-electron chi connectivity index (χ0n) is 15.3. The molecule has 2 aromatic carbocycles. The fourth-order valence-corrected chi connectivity index (χ4v) is 2.97. The van der Waals surface area contributed by atoms with E-state index in [1.54, 1.807) is 13.2 Å². The topological polar surface area (TPSA) is 54.2 Å².